The van der Waals surface area contributed by atoms with Gasteiger partial charge in [0, 0.05) is 36.4 Å². The van der Waals surface area contributed by atoms with Crippen molar-refractivity contribution in [3.8, 4) is 0 Å². The molecule has 0 spiro atoms. The Balaban J connectivity index is 1.68. The van der Waals surface area contributed by atoms with Crippen molar-refractivity contribution in [1.29, 1.82) is 0 Å². The van der Waals surface area contributed by atoms with Crippen LogP contribution in [0.2, 0.25) is 0 Å². The number of nitrogens with zero attached hydrogens (tertiary/aromatic N) is 3. The SMILES string of the molecule is CCN1CCN(c2nc(C(N)c3cccs3)cs2)CC1. The van der Waals surface area contributed by atoms with Crippen LogP contribution in [-0.2, 0) is 0 Å². The molecule has 3 rings (SSSR count). The Morgan fingerprint density at radius 2 is 2.10 bits per heavy atom. The van der Waals surface area contributed by atoms with Gasteiger partial charge in [-0.2, -0.15) is 0 Å². The number of rotatable bonds is 4. The summed E-state index contributed by atoms with van der Waals surface area (Å²) in [5, 5.41) is 5.28. The molecule has 2 N–H and O–H groups in total. The molecule has 0 bridgehead atoms. The van der Waals surface area contributed by atoms with E-state index in [0.29, 0.717) is 0 Å². The molecule has 1 aliphatic rings. The van der Waals surface area contributed by atoms with E-state index in [2.05, 4.69) is 33.6 Å². The summed E-state index contributed by atoms with van der Waals surface area (Å²) in [6.07, 6.45) is 0. The van der Waals surface area contributed by atoms with Crippen LogP contribution in [0.5, 0.6) is 0 Å². The zero-order valence-electron chi connectivity index (χ0n) is 11.7. The van der Waals surface area contributed by atoms with Crippen molar-refractivity contribution >= 4 is 27.8 Å². The van der Waals surface area contributed by atoms with E-state index in [9.17, 15) is 0 Å². The Morgan fingerprint density at radius 3 is 2.75 bits per heavy atom. The second-order valence-electron chi connectivity index (χ2n) is 4.97. The molecule has 3 heterocycles. The quantitative estimate of drug-likeness (QED) is 0.942. The van der Waals surface area contributed by atoms with Crippen LogP contribution in [0.25, 0.3) is 0 Å². The smallest absolute Gasteiger partial charge is 0.185 e. The van der Waals surface area contributed by atoms with Crippen LogP contribution in [0.15, 0.2) is 22.9 Å². The summed E-state index contributed by atoms with van der Waals surface area (Å²) in [5.41, 5.74) is 7.27. The predicted octanol–water partition coefficient (Wildman–Crippen LogP) is 2.39. The maximum absolute atomic E-state index is 6.28. The standard InChI is InChI=1S/C14H20N4S2/c1-2-17-5-7-18(8-6-17)14-16-11(10-20-14)13(15)12-4-3-9-19-12/h3-4,9-10,13H,2,5-8,15H2,1H3. The Hall–Kier alpha value is -0.950. The molecule has 4 nitrogen and oxygen atoms in total. The van der Waals surface area contributed by atoms with Crippen LogP contribution >= 0.6 is 22.7 Å². The molecule has 0 aromatic carbocycles. The van der Waals surface area contributed by atoms with E-state index in [-0.39, 0.29) is 6.04 Å². The van der Waals surface area contributed by atoms with Crippen LogP contribution < -0.4 is 10.6 Å². The molecule has 6 heteroatoms. The first-order chi connectivity index (χ1) is 9.78. The van der Waals surface area contributed by atoms with E-state index in [1.165, 1.54) is 4.88 Å². The summed E-state index contributed by atoms with van der Waals surface area (Å²) < 4.78 is 0. The number of nitrogens with two attached hydrogens (primary N) is 1. The van der Waals surface area contributed by atoms with Crippen LogP contribution in [0.3, 0.4) is 0 Å². The number of hydrogen-bond acceptors (Lipinski definition) is 6. The average Bonchev–Trinajstić information content (AvgIpc) is 3.18. The van der Waals surface area contributed by atoms with Crippen molar-refractivity contribution in [2.24, 2.45) is 5.73 Å². The molecule has 0 amide bonds. The van der Waals surface area contributed by atoms with E-state index < -0.39 is 0 Å². The molecule has 1 fully saturated rings. The van der Waals surface area contributed by atoms with E-state index >= 15 is 0 Å². The van der Waals surface area contributed by atoms with Gasteiger partial charge in [-0.3, -0.25) is 0 Å². The van der Waals surface area contributed by atoms with Gasteiger partial charge in [-0.1, -0.05) is 13.0 Å². The van der Waals surface area contributed by atoms with Crippen LogP contribution in [0.4, 0.5) is 5.13 Å². The van der Waals surface area contributed by atoms with Crippen molar-refractivity contribution in [3.63, 3.8) is 0 Å². The van der Waals surface area contributed by atoms with Crippen molar-refractivity contribution in [1.82, 2.24) is 9.88 Å². The van der Waals surface area contributed by atoms with Crippen LogP contribution in [-0.4, -0.2) is 42.6 Å². The number of thiophene rings is 1. The topological polar surface area (TPSA) is 45.4 Å². The normalized spacial score (nSPS) is 18.4. The fourth-order valence-electron chi connectivity index (χ4n) is 2.43. The van der Waals surface area contributed by atoms with E-state index in [0.717, 1.165) is 43.5 Å². The van der Waals surface area contributed by atoms with E-state index in [1.54, 1.807) is 22.7 Å². The van der Waals surface area contributed by atoms with Gasteiger partial charge in [0.15, 0.2) is 5.13 Å². The van der Waals surface area contributed by atoms with Crippen molar-refractivity contribution in [2.75, 3.05) is 37.6 Å². The summed E-state index contributed by atoms with van der Waals surface area (Å²) in [6, 6.07) is 4.03. The third-order valence-electron chi connectivity index (χ3n) is 3.77. The minimum atomic E-state index is -0.0862. The Kier molecular flexibility index (Phi) is 4.35. The molecular formula is C14H20N4S2. The van der Waals surface area contributed by atoms with Gasteiger partial charge in [0.25, 0.3) is 0 Å². The average molecular weight is 308 g/mol. The van der Waals surface area contributed by atoms with Crippen molar-refractivity contribution in [3.05, 3.63) is 33.5 Å². The lowest BCUT2D eigenvalue weighted by Gasteiger charge is -2.33. The molecule has 2 aromatic heterocycles. The minimum Gasteiger partial charge on any atom is -0.346 e. The molecular weight excluding hydrogens is 288 g/mol. The van der Waals surface area contributed by atoms with Gasteiger partial charge in [0.05, 0.1) is 11.7 Å². The maximum atomic E-state index is 6.28. The summed E-state index contributed by atoms with van der Waals surface area (Å²) in [5.74, 6) is 0. The number of piperazine rings is 1. The highest BCUT2D eigenvalue weighted by Crippen LogP contribution is 2.28. The second-order valence-corrected chi connectivity index (χ2v) is 6.79. The lowest BCUT2D eigenvalue weighted by Crippen LogP contribution is -2.46. The molecule has 0 saturated carbocycles. The van der Waals surface area contributed by atoms with Crippen LogP contribution in [0, 0.1) is 0 Å². The Bertz CT molecular complexity index is 529. The molecule has 1 atom stereocenters. The zero-order chi connectivity index (χ0) is 13.9. The van der Waals surface area contributed by atoms with Gasteiger partial charge in [0.1, 0.15) is 0 Å². The predicted molar refractivity (Wildman–Crippen MR) is 86.8 cm³/mol. The number of anilines is 1. The van der Waals surface area contributed by atoms with Gasteiger partial charge >= 0.3 is 0 Å². The molecule has 1 unspecified atom stereocenters. The van der Waals surface area contributed by atoms with Gasteiger partial charge in [-0.15, -0.1) is 22.7 Å². The third-order valence-corrected chi connectivity index (χ3v) is 5.64. The van der Waals surface area contributed by atoms with Gasteiger partial charge in [0.2, 0.25) is 0 Å². The molecule has 2 aromatic rings. The molecule has 1 aliphatic heterocycles. The highest BCUT2D eigenvalue weighted by molar-refractivity contribution is 7.13. The monoisotopic (exact) mass is 308 g/mol. The summed E-state index contributed by atoms with van der Waals surface area (Å²) in [7, 11) is 0. The van der Waals surface area contributed by atoms with Gasteiger partial charge in [-0.05, 0) is 18.0 Å². The maximum Gasteiger partial charge on any atom is 0.185 e. The third kappa shape index (κ3) is 2.88. The largest absolute Gasteiger partial charge is 0.346 e. The van der Waals surface area contributed by atoms with Crippen LogP contribution in [0.1, 0.15) is 23.5 Å². The summed E-state index contributed by atoms with van der Waals surface area (Å²) in [6.45, 7) is 7.74. The lowest BCUT2D eigenvalue weighted by molar-refractivity contribution is 0.271. The Labute approximate surface area is 127 Å². The number of likely N-dealkylation sites (N-methyl/N-ethyl adjacent to an activating group) is 1. The number of aromatic nitrogens is 1. The summed E-state index contributed by atoms with van der Waals surface area (Å²) >= 11 is 3.40. The van der Waals surface area contributed by atoms with Gasteiger partial charge in [-0.25, -0.2) is 4.98 Å². The summed E-state index contributed by atoms with van der Waals surface area (Å²) in [4.78, 5) is 10.8. The molecule has 108 valence electrons. The van der Waals surface area contributed by atoms with E-state index in [1.807, 2.05) is 6.07 Å². The Morgan fingerprint density at radius 1 is 1.30 bits per heavy atom. The highest BCUT2D eigenvalue weighted by atomic mass is 32.1. The lowest BCUT2D eigenvalue weighted by atomic mass is 10.2. The van der Waals surface area contributed by atoms with E-state index in [4.69, 9.17) is 10.7 Å². The molecule has 0 radical (unpaired) electrons. The fraction of sp³-hybridized carbons (Fsp3) is 0.500. The van der Waals surface area contributed by atoms with Crippen molar-refractivity contribution < 1.29 is 0 Å². The number of thiazole rings is 1. The first kappa shape index (κ1) is 14.0. The second kappa shape index (κ2) is 6.22. The highest BCUT2D eigenvalue weighted by Gasteiger charge is 2.20. The zero-order valence-corrected chi connectivity index (χ0v) is 13.3. The van der Waals surface area contributed by atoms with Crippen molar-refractivity contribution in [2.45, 2.75) is 13.0 Å². The minimum absolute atomic E-state index is 0.0862. The number of hydrogen-bond donors (Lipinski definition) is 1. The first-order valence-electron chi connectivity index (χ1n) is 6.99. The molecule has 1 saturated heterocycles. The first-order valence-corrected chi connectivity index (χ1v) is 8.75. The fourth-order valence-corrected chi connectivity index (χ4v) is 4.09. The molecule has 0 aliphatic carbocycles. The van der Waals surface area contributed by atoms with Gasteiger partial charge < -0.3 is 15.5 Å². The molecule has 20 heavy (non-hydrogen) atoms.